The molecule has 0 atom stereocenters. The minimum Gasteiger partial charge on any atom is -0.350 e. The predicted octanol–water partition coefficient (Wildman–Crippen LogP) is 2.39. The molecular weight excluding hydrogens is 266 g/mol. The molecule has 3 rings (SSSR count). The number of para-hydroxylation sites is 1. The number of nitrogens with zero attached hydrogens (tertiary/aromatic N) is 2. The van der Waals surface area contributed by atoms with Crippen LogP contribution < -0.4 is 5.32 Å². The molecule has 0 radical (unpaired) electrons. The van der Waals surface area contributed by atoms with Gasteiger partial charge in [-0.3, -0.25) is 14.6 Å². The molecule has 1 N–H and O–H groups in total. The third kappa shape index (κ3) is 2.41. The third-order valence-corrected chi connectivity index (χ3v) is 3.29. The number of Topliss-reactive ketones (excluding diaryl/α,β-unsaturated/α-hetero) is 1. The molecule has 0 fully saturated rings. The summed E-state index contributed by atoms with van der Waals surface area (Å²) >= 11 is 0. The van der Waals surface area contributed by atoms with Gasteiger partial charge in [-0.25, -0.2) is 0 Å². The van der Waals surface area contributed by atoms with Crippen LogP contribution in [-0.2, 0) is 11.8 Å². The highest BCUT2D eigenvalue weighted by molar-refractivity contribution is 6.48. The minimum absolute atomic E-state index is 0.402. The lowest BCUT2D eigenvalue weighted by Crippen LogP contribution is -2.22. The second-order valence-electron chi connectivity index (χ2n) is 4.69. The molecule has 2 heterocycles. The average molecular weight is 279 g/mol. The molecule has 0 spiro atoms. The van der Waals surface area contributed by atoms with E-state index in [2.05, 4.69) is 10.3 Å². The maximum absolute atomic E-state index is 12.3. The Morgan fingerprint density at radius 2 is 1.81 bits per heavy atom. The molecule has 3 aromatic rings. The number of aromatic nitrogens is 2. The zero-order chi connectivity index (χ0) is 14.8. The van der Waals surface area contributed by atoms with E-state index in [1.54, 1.807) is 30.7 Å². The third-order valence-electron chi connectivity index (χ3n) is 3.29. The number of anilines is 1. The van der Waals surface area contributed by atoms with Gasteiger partial charge in [-0.2, -0.15) is 0 Å². The number of fused-ring (bicyclic) bond motifs is 1. The van der Waals surface area contributed by atoms with E-state index in [-0.39, 0.29) is 0 Å². The molecule has 0 saturated carbocycles. The number of pyridine rings is 1. The van der Waals surface area contributed by atoms with Crippen LogP contribution in [0.4, 0.5) is 5.69 Å². The zero-order valence-electron chi connectivity index (χ0n) is 11.4. The molecule has 104 valence electrons. The van der Waals surface area contributed by atoms with Crippen LogP contribution in [0.1, 0.15) is 10.4 Å². The smallest absolute Gasteiger partial charge is 0.296 e. The minimum atomic E-state index is -0.655. The van der Waals surface area contributed by atoms with E-state index >= 15 is 0 Å². The fourth-order valence-corrected chi connectivity index (χ4v) is 2.27. The number of benzene rings is 1. The number of hydrogen-bond acceptors (Lipinski definition) is 3. The van der Waals surface area contributed by atoms with Crippen LogP contribution in [0.5, 0.6) is 0 Å². The second kappa shape index (κ2) is 5.20. The lowest BCUT2D eigenvalue weighted by Gasteiger charge is -2.03. The Morgan fingerprint density at radius 3 is 2.57 bits per heavy atom. The van der Waals surface area contributed by atoms with Gasteiger partial charge in [0, 0.05) is 42.2 Å². The number of aryl methyl sites for hydroxylation is 1. The number of ketones is 1. The molecule has 1 amide bonds. The van der Waals surface area contributed by atoms with E-state index in [4.69, 9.17) is 0 Å². The van der Waals surface area contributed by atoms with Crippen molar-refractivity contribution < 1.29 is 9.59 Å². The van der Waals surface area contributed by atoms with E-state index in [1.165, 1.54) is 0 Å². The van der Waals surface area contributed by atoms with Gasteiger partial charge >= 0.3 is 0 Å². The van der Waals surface area contributed by atoms with Gasteiger partial charge in [0.2, 0.25) is 0 Å². The fourth-order valence-electron chi connectivity index (χ4n) is 2.27. The van der Waals surface area contributed by atoms with E-state index in [0.29, 0.717) is 11.3 Å². The molecule has 0 bridgehead atoms. The van der Waals surface area contributed by atoms with Gasteiger partial charge in [-0.1, -0.05) is 18.2 Å². The lowest BCUT2D eigenvalue weighted by molar-refractivity contribution is -0.112. The highest BCUT2D eigenvalue weighted by atomic mass is 16.2. The molecular formula is C16H13N3O2. The molecule has 21 heavy (non-hydrogen) atoms. The van der Waals surface area contributed by atoms with Gasteiger partial charge in [0.15, 0.2) is 0 Å². The van der Waals surface area contributed by atoms with Crippen molar-refractivity contribution in [2.24, 2.45) is 7.05 Å². The van der Waals surface area contributed by atoms with Crippen LogP contribution in [-0.4, -0.2) is 21.2 Å². The molecule has 0 aliphatic rings. The second-order valence-corrected chi connectivity index (χ2v) is 4.69. The van der Waals surface area contributed by atoms with Crippen molar-refractivity contribution in [2.75, 3.05) is 5.32 Å². The van der Waals surface area contributed by atoms with Gasteiger partial charge in [0.25, 0.3) is 11.7 Å². The Hall–Kier alpha value is -2.95. The molecule has 5 nitrogen and oxygen atoms in total. The summed E-state index contributed by atoms with van der Waals surface area (Å²) in [5, 5.41) is 3.35. The first-order chi connectivity index (χ1) is 10.2. The van der Waals surface area contributed by atoms with Crippen LogP contribution in [0.3, 0.4) is 0 Å². The number of rotatable bonds is 3. The maximum atomic E-state index is 12.3. The monoisotopic (exact) mass is 279 g/mol. The van der Waals surface area contributed by atoms with Crippen molar-refractivity contribution in [3.8, 4) is 0 Å². The molecule has 5 heteroatoms. The molecule has 0 aliphatic carbocycles. The van der Waals surface area contributed by atoms with Gasteiger partial charge in [-0.05, 0) is 18.2 Å². The summed E-state index contributed by atoms with van der Waals surface area (Å²) in [5.41, 5.74) is 1.86. The molecule has 0 aliphatic heterocycles. The highest BCUT2D eigenvalue weighted by Crippen LogP contribution is 2.21. The van der Waals surface area contributed by atoms with Crippen molar-refractivity contribution in [1.29, 1.82) is 0 Å². The van der Waals surface area contributed by atoms with Crippen LogP contribution in [0.25, 0.3) is 10.9 Å². The standard InChI is InChI=1S/C16H13N3O2/c1-19-10-13(12-4-2-3-5-14(12)19)15(20)16(21)18-11-6-8-17-9-7-11/h2-10H,1H3,(H,17,18,21). The van der Waals surface area contributed by atoms with E-state index in [9.17, 15) is 9.59 Å². The maximum Gasteiger partial charge on any atom is 0.296 e. The first-order valence-electron chi connectivity index (χ1n) is 6.46. The van der Waals surface area contributed by atoms with Crippen molar-refractivity contribution >= 4 is 28.3 Å². The van der Waals surface area contributed by atoms with Gasteiger partial charge in [-0.15, -0.1) is 0 Å². The Morgan fingerprint density at radius 1 is 1.10 bits per heavy atom. The topological polar surface area (TPSA) is 64.0 Å². The zero-order valence-corrected chi connectivity index (χ0v) is 11.4. The fraction of sp³-hybridized carbons (Fsp3) is 0.0625. The molecule has 0 unspecified atom stereocenters. The van der Waals surface area contributed by atoms with Gasteiger partial charge < -0.3 is 9.88 Å². The van der Waals surface area contributed by atoms with Crippen molar-refractivity contribution in [3.05, 3.63) is 60.6 Å². The van der Waals surface area contributed by atoms with E-state index in [0.717, 1.165) is 10.9 Å². The number of amides is 1. The summed E-state index contributed by atoms with van der Waals surface area (Å²) in [6.45, 7) is 0. The van der Waals surface area contributed by atoms with Crippen LogP contribution >= 0.6 is 0 Å². The Labute approximate surface area is 121 Å². The molecule has 2 aromatic heterocycles. The number of nitrogens with one attached hydrogen (secondary N) is 1. The summed E-state index contributed by atoms with van der Waals surface area (Å²) < 4.78 is 1.84. The van der Waals surface area contributed by atoms with Crippen LogP contribution in [0.15, 0.2) is 55.0 Å². The van der Waals surface area contributed by atoms with E-state index < -0.39 is 11.7 Å². The summed E-state index contributed by atoms with van der Waals surface area (Å²) in [7, 11) is 1.85. The highest BCUT2D eigenvalue weighted by Gasteiger charge is 2.20. The molecule has 0 saturated heterocycles. The normalized spacial score (nSPS) is 10.5. The summed E-state index contributed by atoms with van der Waals surface area (Å²) in [4.78, 5) is 28.3. The van der Waals surface area contributed by atoms with Crippen molar-refractivity contribution in [2.45, 2.75) is 0 Å². The van der Waals surface area contributed by atoms with Gasteiger partial charge in [0.05, 0.1) is 5.56 Å². The van der Waals surface area contributed by atoms with Crippen molar-refractivity contribution in [3.63, 3.8) is 0 Å². The van der Waals surface area contributed by atoms with E-state index in [1.807, 2.05) is 35.9 Å². The number of hydrogen-bond donors (Lipinski definition) is 1. The quantitative estimate of drug-likeness (QED) is 0.591. The number of carbonyl (C=O) groups excluding carboxylic acids is 2. The molecule has 1 aromatic carbocycles. The summed E-state index contributed by atoms with van der Waals surface area (Å²) in [6, 6.07) is 10.8. The van der Waals surface area contributed by atoms with Gasteiger partial charge in [0.1, 0.15) is 0 Å². The van der Waals surface area contributed by atoms with Crippen molar-refractivity contribution in [1.82, 2.24) is 9.55 Å². The SMILES string of the molecule is Cn1cc(C(=O)C(=O)Nc2ccncc2)c2ccccc21. The lowest BCUT2D eigenvalue weighted by atomic mass is 10.1. The first kappa shape index (κ1) is 13.1. The summed E-state index contributed by atoms with van der Waals surface area (Å²) in [5.74, 6) is -1.21. The first-order valence-corrected chi connectivity index (χ1v) is 6.46. The Balaban J connectivity index is 1.92. The Kier molecular flexibility index (Phi) is 3.23. The largest absolute Gasteiger partial charge is 0.350 e. The predicted molar refractivity (Wildman–Crippen MR) is 80.1 cm³/mol. The average Bonchev–Trinajstić information content (AvgIpc) is 2.85. The Bertz CT molecular complexity index is 822. The van der Waals surface area contributed by atoms with Crippen LogP contribution in [0, 0.1) is 0 Å². The van der Waals surface area contributed by atoms with Crippen LogP contribution in [0.2, 0.25) is 0 Å². The summed E-state index contributed by atoms with van der Waals surface area (Å²) in [6.07, 6.45) is 4.79. The number of carbonyl (C=O) groups is 2.